The fraction of sp³-hybridized carbons (Fsp3) is 0.778. The highest BCUT2D eigenvalue weighted by Crippen LogP contribution is 2.05. The van der Waals surface area contributed by atoms with Gasteiger partial charge in [-0.05, 0) is 0 Å². The smallest absolute Gasteiger partial charge is 0.407 e. The molecule has 0 aliphatic carbocycles. The normalized spacial score (nSPS) is 20.4. The highest BCUT2D eigenvalue weighted by atomic mass is 16.4. The number of rotatable bonds is 3. The van der Waals surface area contributed by atoms with E-state index in [9.17, 15) is 39.6 Å². The van der Waals surface area contributed by atoms with E-state index in [0.717, 1.165) is 0 Å². The summed E-state index contributed by atoms with van der Waals surface area (Å²) in [7, 11) is 0. The Labute approximate surface area is 185 Å². The molecule has 0 spiro atoms. The molecule has 0 aromatic carbocycles. The zero-order valence-corrected chi connectivity index (χ0v) is 18.0. The van der Waals surface area contributed by atoms with E-state index in [1.54, 1.807) is 0 Å². The summed E-state index contributed by atoms with van der Waals surface area (Å²) in [5, 5.41) is 37.4. The fourth-order valence-corrected chi connectivity index (χ4v) is 3.70. The maximum atomic E-state index is 11.4. The van der Waals surface area contributed by atoms with Crippen LogP contribution in [0.5, 0.6) is 0 Å². The first-order chi connectivity index (χ1) is 15.2. The molecule has 2 aliphatic heterocycles. The molecule has 14 heteroatoms. The van der Waals surface area contributed by atoms with Crippen LogP contribution in [-0.2, 0) is 0 Å². The van der Waals surface area contributed by atoms with Crippen LogP contribution in [-0.4, -0.2) is 166 Å². The van der Waals surface area contributed by atoms with Crippen LogP contribution in [0.2, 0.25) is 0 Å². The maximum absolute atomic E-state index is 11.4. The summed E-state index contributed by atoms with van der Waals surface area (Å²) in [6, 6.07) is 0. The van der Waals surface area contributed by atoms with Gasteiger partial charge in [-0.3, -0.25) is 9.80 Å². The summed E-state index contributed by atoms with van der Waals surface area (Å²) in [6.07, 6.45) is -4.39. The topological polar surface area (TPSA) is 169 Å². The van der Waals surface area contributed by atoms with Crippen LogP contribution >= 0.6 is 0 Å². The van der Waals surface area contributed by atoms with E-state index in [-0.39, 0.29) is 52.4 Å². The number of hydrogen-bond acceptors (Lipinski definition) is 6. The van der Waals surface area contributed by atoms with Gasteiger partial charge in [-0.15, -0.1) is 0 Å². The third-order valence-electron chi connectivity index (χ3n) is 5.84. The number of nitrogens with zero attached hydrogens (tertiary/aromatic N) is 6. The van der Waals surface area contributed by atoms with E-state index in [2.05, 4.69) is 0 Å². The molecule has 0 atom stereocenters. The minimum atomic E-state index is -1.10. The molecule has 14 nitrogen and oxygen atoms in total. The molecule has 2 aliphatic rings. The predicted molar refractivity (Wildman–Crippen MR) is 111 cm³/mol. The summed E-state index contributed by atoms with van der Waals surface area (Å²) in [4.78, 5) is 54.4. The van der Waals surface area contributed by atoms with Gasteiger partial charge in [0.2, 0.25) is 0 Å². The zero-order valence-electron chi connectivity index (χ0n) is 18.0. The lowest BCUT2D eigenvalue weighted by Gasteiger charge is -2.29. The minimum Gasteiger partial charge on any atom is -0.465 e. The van der Waals surface area contributed by atoms with Gasteiger partial charge in [0.15, 0.2) is 0 Å². The Balaban J connectivity index is 2.00. The first-order valence-corrected chi connectivity index (χ1v) is 10.5. The van der Waals surface area contributed by atoms with Crippen molar-refractivity contribution in [3.05, 3.63) is 0 Å². The first-order valence-electron chi connectivity index (χ1n) is 10.5. The van der Waals surface area contributed by atoms with Crippen molar-refractivity contribution in [3.63, 3.8) is 0 Å². The van der Waals surface area contributed by atoms with Crippen LogP contribution < -0.4 is 0 Å². The van der Waals surface area contributed by atoms with Crippen molar-refractivity contribution in [3.8, 4) is 0 Å². The van der Waals surface area contributed by atoms with Gasteiger partial charge in [0, 0.05) is 91.6 Å². The average molecular weight is 460 g/mol. The second-order valence-corrected chi connectivity index (χ2v) is 7.76. The molecule has 32 heavy (non-hydrogen) atoms. The lowest BCUT2D eigenvalue weighted by atomic mass is 10.3. The summed E-state index contributed by atoms with van der Waals surface area (Å²) in [5.74, 6) is 0. The first kappa shape index (κ1) is 25.3. The fourth-order valence-electron chi connectivity index (χ4n) is 3.70. The predicted octanol–water partition coefficient (Wildman–Crippen LogP) is -0.462. The molecule has 0 radical (unpaired) electrons. The summed E-state index contributed by atoms with van der Waals surface area (Å²) >= 11 is 0. The van der Waals surface area contributed by atoms with Crippen molar-refractivity contribution < 1.29 is 39.6 Å². The van der Waals surface area contributed by atoms with E-state index in [4.69, 9.17) is 0 Å². The number of carbonyl (C=O) groups is 4. The highest BCUT2D eigenvalue weighted by molar-refractivity contribution is 5.67. The molecule has 0 unspecified atom stereocenters. The van der Waals surface area contributed by atoms with Gasteiger partial charge < -0.3 is 40.0 Å². The number of amides is 4. The van der Waals surface area contributed by atoms with E-state index in [1.165, 1.54) is 19.6 Å². The van der Waals surface area contributed by atoms with E-state index >= 15 is 0 Å². The Kier molecular flexibility index (Phi) is 9.59. The van der Waals surface area contributed by atoms with Gasteiger partial charge >= 0.3 is 24.4 Å². The molecule has 2 saturated heterocycles. The van der Waals surface area contributed by atoms with Crippen molar-refractivity contribution in [1.29, 1.82) is 0 Å². The molecule has 2 fully saturated rings. The Hall–Kier alpha value is -3.00. The maximum Gasteiger partial charge on any atom is 0.407 e. The lowest BCUT2D eigenvalue weighted by molar-refractivity contribution is 0.127. The van der Waals surface area contributed by atoms with Crippen molar-refractivity contribution in [2.75, 3.05) is 91.6 Å². The van der Waals surface area contributed by atoms with Crippen LogP contribution in [0, 0.1) is 0 Å². The van der Waals surface area contributed by atoms with Crippen molar-refractivity contribution >= 4 is 24.4 Å². The van der Waals surface area contributed by atoms with Gasteiger partial charge in [-0.1, -0.05) is 0 Å². The summed E-state index contributed by atoms with van der Waals surface area (Å²) in [5.41, 5.74) is 0. The molecule has 0 aromatic rings. The van der Waals surface area contributed by atoms with Crippen LogP contribution in [0.4, 0.5) is 19.2 Å². The second-order valence-electron chi connectivity index (χ2n) is 7.76. The minimum absolute atomic E-state index is 0.109. The largest absolute Gasteiger partial charge is 0.465 e. The summed E-state index contributed by atoms with van der Waals surface area (Å²) < 4.78 is 0. The molecule has 4 N–H and O–H groups in total. The molecular weight excluding hydrogens is 428 g/mol. The highest BCUT2D eigenvalue weighted by Gasteiger charge is 2.24. The Bertz CT molecular complexity index is 572. The molecule has 2 rings (SSSR count). The number of carboxylic acid groups (broad SMARTS) is 4. The van der Waals surface area contributed by atoms with Gasteiger partial charge in [0.25, 0.3) is 0 Å². The van der Waals surface area contributed by atoms with Crippen molar-refractivity contribution in [1.82, 2.24) is 29.4 Å². The molecule has 0 aromatic heterocycles. The monoisotopic (exact) mass is 460 g/mol. The molecule has 0 bridgehead atoms. The van der Waals surface area contributed by atoms with Crippen LogP contribution in [0.25, 0.3) is 0 Å². The Morgan fingerprint density at radius 3 is 0.781 bits per heavy atom. The lowest BCUT2D eigenvalue weighted by Crippen LogP contribution is -2.44. The van der Waals surface area contributed by atoms with E-state index in [0.29, 0.717) is 39.3 Å². The molecular formula is C18H32N6O8. The molecule has 182 valence electrons. The van der Waals surface area contributed by atoms with Gasteiger partial charge in [0.1, 0.15) is 0 Å². The van der Waals surface area contributed by atoms with E-state index in [1.807, 2.05) is 9.80 Å². The van der Waals surface area contributed by atoms with Gasteiger partial charge in [-0.2, -0.15) is 0 Å². The van der Waals surface area contributed by atoms with Crippen LogP contribution in [0.3, 0.4) is 0 Å². The van der Waals surface area contributed by atoms with Crippen molar-refractivity contribution in [2.45, 2.75) is 0 Å². The standard InChI is InChI=1S/C18H32N6O8/c25-15(26)21-7-3-19(4-8-22(12-11-21)16(27)28)1-2-20-5-9-23(17(29)30)13-14-24(10-6-20)18(31)32/h1-14H2,(H,25,26)(H,27,28)(H,29,30)(H,31,32). The SMILES string of the molecule is O=C(O)N1CCN(CCN2CCN(C(=O)O)CCN(C(=O)O)CC2)CCN(C(=O)O)CC1. The van der Waals surface area contributed by atoms with Crippen LogP contribution in [0.1, 0.15) is 0 Å². The summed E-state index contributed by atoms with van der Waals surface area (Å²) in [6.45, 7) is 4.24. The van der Waals surface area contributed by atoms with Crippen molar-refractivity contribution in [2.24, 2.45) is 0 Å². The molecule has 4 amide bonds. The third kappa shape index (κ3) is 7.92. The quantitative estimate of drug-likeness (QED) is 0.432. The van der Waals surface area contributed by atoms with E-state index < -0.39 is 24.4 Å². The number of hydrogen-bond donors (Lipinski definition) is 4. The van der Waals surface area contributed by atoms with Crippen LogP contribution in [0.15, 0.2) is 0 Å². The van der Waals surface area contributed by atoms with Gasteiger partial charge in [0.05, 0.1) is 0 Å². The zero-order chi connectivity index (χ0) is 23.7. The Morgan fingerprint density at radius 2 is 0.594 bits per heavy atom. The second kappa shape index (κ2) is 12.1. The Morgan fingerprint density at radius 1 is 0.406 bits per heavy atom. The third-order valence-corrected chi connectivity index (χ3v) is 5.84. The molecule has 2 heterocycles. The van der Waals surface area contributed by atoms with Gasteiger partial charge in [-0.25, -0.2) is 19.2 Å². The molecule has 0 saturated carbocycles. The average Bonchev–Trinajstić information content (AvgIpc) is 2.90.